The lowest BCUT2D eigenvalue weighted by Gasteiger charge is -2.38. The molecule has 1 aliphatic heterocycles. The van der Waals surface area contributed by atoms with Crippen molar-refractivity contribution < 1.29 is 10.2 Å². The van der Waals surface area contributed by atoms with Crippen LogP contribution < -0.4 is 4.90 Å². The van der Waals surface area contributed by atoms with E-state index in [1.807, 2.05) is 32.2 Å². The number of aliphatic hydroxyl groups excluding tert-OH is 1. The molecule has 0 amide bonds. The summed E-state index contributed by atoms with van der Waals surface area (Å²) in [4.78, 5) is 8.86. The molecule has 1 atom stereocenters. The molecule has 5 nitrogen and oxygen atoms in total. The molecule has 20 heavy (non-hydrogen) atoms. The molecule has 1 aliphatic rings. The molecule has 0 aromatic carbocycles. The van der Waals surface area contributed by atoms with Crippen LogP contribution in [0.15, 0.2) is 18.3 Å². The van der Waals surface area contributed by atoms with E-state index < -0.39 is 11.7 Å². The van der Waals surface area contributed by atoms with Gasteiger partial charge in [-0.15, -0.1) is 0 Å². The Balaban J connectivity index is 1.90. The van der Waals surface area contributed by atoms with Crippen molar-refractivity contribution in [1.82, 2.24) is 9.88 Å². The monoisotopic (exact) mass is 279 g/mol. The Morgan fingerprint density at radius 3 is 2.35 bits per heavy atom. The van der Waals surface area contributed by atoms with Crippen molar-refractivity contribution in [3.63, 3.8) is 0 Å². The normalized spacial score (nSPS) is 19.1. The van der Waals surface area contributed by atoms with Gasteiger partial charge in [0.25, 0.3) is 0 Å². The van der Waals surface area contributed by atoms with Gasteiger partial charge in [-0.25, -0.2) is 0 Å². The second-order valence-corrected chi connectivity index (χ2v) is 6.19. The molecule has 2 rings (SSSR count). The van der Waals surface area contributed by atoms with Gasteiger partial charge >= 0.3 is 0 Å². The first-order valence-electron chi connectivity index (χ1n) is 7.19. The fraction of sp³-hybridized carbons (Fsp3) is 0.667. The highest BCUT2D eigenvalue weighted by atomic mass is 16.3. The average Bonchev–Trinajstić information content (AvgIpc) is 2.38. The van der Waals surface area contributed by atoms with Crippen molar-refractivity contribution in [1.29, 1.82) is 0 Å². The Kier molecular flexibility index (Phi) is 4.62. The second kappa shape index (κ2) is 6.08. The summed E-state index contributed by atoms with van der Waals surface area (Å²) in [7, 11) is 0. The number of hydrogen-bond donors (Lipinski definition) is 2. The van der Waals surface area contributed by atoms with Crippen molar-refractivity contribution in [2.45, 2.75) is 32.5 Å². The summed E-state index contributed by atoms with van der Waals surface area (Å²) in [6.07, 6.45) is 1.31. The SMILES string of the molecule is C[C@@H](O)c1ccc(N2CCN(CC(C)(C)O)CC2)cn1. The molecule has 2 N–H and O–H groups in total. The molecule has 1 fully saturated rings. The van der Waals surface area contributed by atoms with Gasteiger partial charge in [-0.1, -0.05) is 0 Å². The number of aromatic nitrogens is 1. The molecule has 0 aliphatic carbocycles. The number of aliphatic hydroxyl groups is 2. The summed E-state index contributed by atoms with van der Waals surface area (Å²) in [5.74, 6) is 0. The zero-order valence-corrected chi connectivity index (χ0v) is 12.6. The fourth-order valence-corrected chi connectivity index (χ4v) is 2.54. The number of anilines is 1. The predicted molar refractivity (Wildman–Crippen MR) is 79.8 cm³/mol. The molecule has 1 saturated heterocycles. The van der Waals surface area contributed by atoms with Gasteiger partial charge in [0.1, 0.15) is 0 Å². The predicted octanol–water partition coefficient (Wildman–Crippen LogP) is 1.03. The quantitative estimate of drug-likeness (QED) is 0.862. The Morgan fingerprint density at radius 1 is 1.25 bits per heavy atom. The van der Waals surface area contributed by atoms with E-state index in [9.17, 15) is 10.2 Å². The summed E-state index contributed by atoms with van der Waals surface area (Å²) >= 11 is 0. The highest BCUT2D eigenvalue weighted by Crippen LogP contribution is 2.18. The number of piperazine rings is 1. The van der Waals surface area contributed by atoms with Crippen LogP contribution in [0.4, 0.5) is 5.69 Å². The van der Waals surface area contributed by atoms with Crippen molar-refractivity contribution in [2.75, 3.05) is 37.6 Å². The molecule has 1 aromatic rings. The van der Waals surface area contributed by atoms with E-state index in [1.54, 1.807) is 6.92 Å². The Bertz CT molecular complexity index is 418. The lowest BCUT2D eigenvalue weighted by molar-refractivity contribution is 0.0345. The first-order valence-corrected chi connectivity index (χ1v) is 7.19. The van der Waals surface area contributed by atoms with Gasteiger partial charge in [0.15, 0.2) is 0 Å². The molecule has 0 bridgehead atoms. The third-order valence-electron chi connectivity index (χ3n) is 3.55. The smallest absolute Gasteiger partial charge is 0.0931 e. The average molecular weight is 279 g/mol. The lowest BCUT2D eigenvalue weighted by Crippen LogP contribution is -2.50. The van der Waals surface area contributed by atoms with Gasteiger partial charge in [0.05, 0.1) is 29.3 Å². The minimum atomic E-state index is -0.636. The topological polar surface area (TPSA) is 59.8 Å². The van der Waals surface area contributed by atoms with Crippen molar-refractivity contribution in [3.8, 4) is 0 Å². The number of nitrogens with zero attached hydrogens (tertiary/aromatic N) is 3. The maximum absolute atomic E-state index is 9.85. The summed E-state index contributed by atoms with van der Waals surface area (Å²) in [5, 5.41) is 19.3. The lowest BCUT2D eigenvalue weighted by atomic mass is 10.1. The highest BCUT2D eigenvalue weighted by Gasteiger charge is 2.22. The molecule has 1 aromatic heterocycles. The van der Waals surface area contributed by atoms with E-state index in [0.717, 1.165) is 31.9 Å². The molecule has 0 spiro atoms. The molecule has 0 saturated carbocycles. The van der Waals surface area contributed by atoms with Gasteiger partial charge in [-0.3, -0.25) is 9.88 Å². The minimum Gasteiger partial charge on any atom is -0.389 e. The first kappa shape index (κ1) is 15.2. The van der Waals surface area contributed by atoms with E-state index in [2.05, 4.69) is 14.8 Å². The molecular weight excluding hydrogens is 254 g/mol. The van der Waals surface area contributed by atoms with Gasteiger partial charge < -0.3 is 15.1 Å². The zero-order chi connectivity index (χ0) is 14.8. The van der Waals surface area contributed by atoms with Crippen LogP contribution in [0.25, 0.3) is 0 Å². The van der Waals surface area contributed by atoms with E-state index in [4.69, 9.17) is 0 Å². The second-order valence-electron chi connectivity index (χ2n) is 6.19. The maximum atomic E-state index is 9.85. The number of pyridine rings is 1. The van der Waals surface area contributed by atoms with Gasteiger partial charge in [-0.2, -0.15) is 0 Å². The van der Waals surface area contributed by atoms with Crippen molar-refractivity contribution >= 4 is 5.69 Å². The van der Waals surface area contributed by atoms with E-state index in [-0.39, 0.29) is 0 Å². The van der Waals surface area contributed by atoms with Crippen LogP contribution in [-0.4, -0.2) is 58.4 Å². The van der Waals surface area contributed by atoms with Gasteiger partial charge in [0.2, 0.25) is 0 Å². The summed E-state index contributed by atoms with van der Waals surface area (Å²) in [6.45, 7) is 9.88. The fourth-order valence-electron chi connectivity index (χ4n) is 2.54. The largest absolute Gasteiger partial charge is 0.389 e. The minimum absolute atomic E-state index is 0.521. The molecule has 5 heteroatoms. The van der Waals surface area contributed by atoms with Crippen LogP contribution >= 0.6 is 0 Å². The van der Waals surface area contributed by atoms with Crippen molar-refractivity contribution in [3.05, 3.63) is 24.0 Å². The van der Waals surface area contributed by atoms with E-state index in [1.165, 1.54) is 0 Å². The van der Waals surface area contributed by atoms with Crippen LogP contribution in [0.5, 0.6) is 0 Å². The van der Waals surface area contributed by atoms with E-state index >= 15 is 0 Å². The summed E-state index contributed by atoms with van der Waals surface area (Å²) in [5.41, 5.74) is 1.16. The Labute approximate surface area is 120 Å². The van der Waals surface area contributed by atoms with Gasteiger partial charge in [-0.05, 0) is 32.9 Å². The molecule has 0 unspecified atom stereocenters. The summed E-state index contributed by atoms with van der Waals surface area (Å²) in [6, 6.07) is 3.89. The number of rotatable bonds is 4. The number of β-amino-alcohol motifs (C(OH)–C–C–N with tert-alkyl or cyclic N) is 1. The molecule has 112 valence electrons. The van der Waals surface area contributed by atoms with Crippen LogP contribution in [0.2, 0.25) is 0 Å². The Hall–Kier alpha value is -1.17. The first-order chi connectivity index (χ1) is 9.35. The third-order valence-corrected chi connectivity index (χ3v) is 3.55. The molecule has 2 heterocycles. The number of hydrogen-bond acceptors (Lipinski definition) is 5. The maximum Gasteiger partial charge on any atom is 0.0931 e. The zero-order valence-electron chi connectivity index (χ0n) is 12.6. The summed E-state index contributed by atoms with van der Waals surface area (Å²) < 4.78 is 0. The van der Waals surface area contributed by atoms with Crippen LogP contribution in [0.1, 0.15) is 32.6 Å². The van der Waals surface area contributed by atoms with Gasteiger partial charge in [0, 0.05) is 32.7 Å². The third kappa shape index (κ3) is 4.16. The van der Waals surface area contributed by atoms with Crippen molar-refractivity contribution in [2.24, 2.45) is 0 Å². The van der Waals surface area contributed by atoms with E-state index in [0.29, 0.717) is 12.2 Å². The Morgan fingerprint density at radius 2 is 1.90 bits per heavy atom. The molecule has 0 radical (unpaired) electrons. The van der Waals surface area contributed by atoms with Crippen LogP contribution in [-0.2, 0) is 0 Å². The van der Waals surface area contributed by atoms with Crippen LogP contribution in [0.3, 0.4) is 0 Å². The molecular formula is C15H25N3O2. The van der Waals surface area contributed by atoms with Crippen LogP contribution in [0, 0.1) is 0 Å². The highest BCUT2D eigenvalue weighted by molar-refractivity contribution is 5.45. The standard InChI is InChI=1S/C15H25N3O2/c1-12(19)14-5-4-13(10-16-14)18-8-6-17(7-9-18)11-15(2,3)20/h4-5,10,12,19-20H,6-9,11H2,1-3H3/t12-/m1/s1.